The van der Waals surface area contributed by atoms with Crippen LogP contribution in [-0.4, -0.2) is 28.8 Å². The topological polar surface area (TPSA) is 91.6 Å². The highest BCUT2D eigenvalue weighted by molar-refractivity contribution is 14.1. The largest absolute Gasteiger partial charge is 0.573 e. The van der Waals surface area contributed by atoms with E-state index in [1.165, 1.54) is 29.5 Å². The van der Waals surface area contributed by atoms with E-state index in [2.05, 4.69) is 14.5 Å². The van der Waals surface area contributed by atoms with E-state index >= 15 is 0 Å². The van der Waals surface area contributed by atoms with E-state index in [1.54, 1.807) is 0 Å². The van der Waals surface area contributed by atoms with Crippen LogP contribution in [0.2, 0.25) is 0 Å². The summed E-state index contributed by atoms with van der Waals surface area (Å²) in [5.74, 6) is -2.05. The van der Waals surface area contributed by atoms with Gasteiger partial charge in [-0.1, -0.05) is 0 Å². The number of nitrogens with zero attached hydrogens (tertiary/aromatic N) is 2. The van der Waals surface area contributed by atoms with Gasteiger partial charge in [0.25, 0.3) is 0 Å². The van der Waals surface area contributed by atoms with Crippen LogP contribution < -0.4 is 4.74 Å². The van der Waals surface area contributed by atoms with Crippen LogP contribution in [0.3, 0.4) is 0 Å². The summed E-state index contributed by atoms with van der Waals surface area (Å²) in [4.78, 5) is 24.6. The molecule has 0 amide bonds. The zero-order chi connectivity index (χ0) is 15.5. The van der Waals surface area contributed by atoms with Gasteiger partial charge >= 0.3 is 18.0 Å². The number of hydrogen-bond donors (Lipinski definition) is 0. The summed E-state index contributed by atoms with van der Waals surface area (Å²) in [6.07, 6.45) is -5.11. The Hall–Kier alpha value is -1.66. The number of rotatable bonds is 4. The fourth-order valence-corrected chi connectivity index (χ4v) is 1.79. The van der Waals surface area contributed by atoms with E-state index in [-0.39, 0.29) is 6.61 Å². The molecule has 0 bridgehead atoms. The lowest BCUT2D eigenvalue weighted by molar-refractivity contribution is -0.388. The van der Waals surface area contributed by atoms with Crippen molar-refractivity contribution in [3.8, 4) is 5.75 Å². The summed E-state index contributed by atoms with van der Waals surface area (Å²) in [6.45, 7) is 1.49. The van der Waals surface area contributed by atoms with E-state index in [0.717, 1.165) is 0 Å². The molecule has 0 saturated heterocycles. The van der Waals surface area contributed by atoms with Crippen LogP contribution in [0.5, 0.6) is 5.75 Å². The molecule has 0 fully saturated rings. The number of halogens is 4. The standard InChI is InChI=1S/C9H6F3IN2O5/c1-2-19-8(16)4-3-5(15(17)18)6(7(13)14-4)20-9(10,11)12/h3H,2H2,1H3. The molecule has 0 aromatic carbocycles. The Bertz CT molecular complexity index is 549. The summed E-state index contributed by atoms with van der Waals surface area (Å²) in [7, 11) is 0. The van der Waals surface area contributed by atoms with E-state index in [1.807, 2.05) is 0 Å². The van der Waals surface area contributed by atoms with Gasteiger partial charge < -0.3 is 9.47 Å². The molecule has 0 unspecified atom stereocenters. The van der Waals surface area contributed by atoms with Gasteiger partial charge in [0.2, 0.25) is 5.75 Å². The summed E-state index contributed by atoms with van der Waals surface area (Å²) in [6, 6.07) is 0.571. The van der Waals surface area contributed by atoms with Crippen molar-refractivity contribution in [2.24, 2.45) is 0 Å². The Kier molecular flexibility index (Phi) is 5.08. The first-order valence-corrected chi connectivity index (χ1v) is 6.01. The minimum atomic E-state index is -5.11. The van der Waals surface area contributed by atoms with Gasteiger partial charge in [-0.25, -0.2) is 9.78 Å². The molecule has 0 N–H and O–H groups in total. The third-order valence-corrected chi connectivity index (χ3v) is 2.54. The number of carbonyl (C=O) groups is 1. The van der Waals surface area contributed by atoms with Crippen molar-refractivity contribution in [3.05, 3.63) is 25.6 Å². The van der Waals surface area contributed by atoms with E-state index in [4.69, 9.17) is 0 Å². The van der Waals surface area contributed by atoms with Crippen LogP contribution in [-0.2, 0) is 4.74 Å². The minimum absolute atomic E-state index is 0.00824. The van der Waals surface area contributed by atoms with Crippen molar-refractivity contribution in [3.63, 3.8) is 0 Å². The molecular weight excluding hydrogens is 400 g/mol. The SMILES string of the molecule is CCOC(=O)c1cc([N+](=O)[O-])c(OC(F)(F)F)c(I)n1. The maximum absolute atomic E-state index is 12.2. The molecular formula is C9H6F3IN2O5. The Labute approximate surface area is 123 Å². The number of alkyl halides is 3. The number of ether oxygens (including phenoxy) is 2. The maximum atomic E-state index is 12.2. The monoisotopic (exact) mass is 406 g/mol. The minimum Gasteiger partial charge on any atom is -0.461 e. The quantitative estimate of drug-likeness (QED) is 0.251. The highest BCUT2D eigenvalue weighted by atomic mass is 127. The highest BCUT2D eigenvalue weighted by Gasteiger charge is 2.37. The molecule has 0 atom stereocenters. The molecule has 0 saturated carbocycles. The summed E-state index contributed by atoms with van der Waals surface area (Å²) in [5, 5.41) is 10.8. The number of esters is 1. The summed E-state index contributed by atoms with van der Waals surface area (Å²) in [5.41, 5.74) is -1.50. The number of nitro groups is 1. The van der Waals surface area contributed by atoms with Gasteiger partial charge in [-0.3, -0.25) is 10.1 Å². The molecule has 11 heteroatoms. The van der Waals surface area contributed by atoms with Crippen LogP contribution in [0.4, 0.5) is 18.9 Å². The second kappa shape index (κ2) is 6.19. The Balaban J connectivity index is 3.33. The lowest BCUT2D eigenvalue weighted by Gasteiger charge is -2.11. The smallest absolute Gasteiger partial charge is 0.461 e. The van der Waals surface area contributed by atoms with Gasteiger partial charge in [-0.2, -0.15) is 0 Å². The maximum Gasteiger partial charge on any atom is 0.573 e. The van der Waals surface area contributed by atoms with Crippen molar-refractivity contribution >= 4 is 34.2 Å². The summed E-state index contributed by atoms with van der Waals surface area (Å²) < 4.78 is 44.2. The molecule has 1 aromatic rings. The van der Waals surface area contributed by atoms with Crippen molar-refractivity contribution in [1.82, 2.24) is 4.98 Å². The predicted octanol–water partition coefficient (Wildman–Crippen LogP) is 2.67. The molecule has 0 radical (unpaired) electrons. The molecule has 0 spiro atoms. The lowest BCUT2D eigenvalue weighted by Crippen LogP contribution is -2.20. The first-order chi connectivity index (χ1) is 9.15. The molecule has 0 aliphatic rings. The number of hydrogen-bond acceptors (Lipinski definition) is 6. The molecule has 1 aromatic heterocycles. The third kappa shape index (κ3) is 4.18. The van der Waals surface area contributed by atoms with Crippen molar-refractivity contribution in [1.29, 1.82) is 0 Å². The van der Waals surface area contributed by atoms with Gasteiger partial charge in [0.1, 0.15) is 0 Å². The third-order valence-electron chi connectivity index (χ3n) is 1.81. The average molecular weight is 406 g/mol. The Morgan fingerprint density at radius 1 is 1.55 bits per heavy atom. The van der Waals surface area contributed by atoms with Crippen LogP contribution in [0.25, 0.3) is 0 Å². The van der Waals surface area contributed by atoms with Crippen LogP contribution in [0, 0.1) is 13.8 Å². The number of aromatic nitrogens is 1. The van der Waals surface area contributed by atoms with Crippen LogP contribution in [0.15, 0.2) is 6.07 Å². The zero-order valence-corrected chi connectivity index (χ0v) is 11.9. The van der Waals surface area contributed by atoms with Crippen LogP contribution >= 0.6 is 22.6 Å². The van der Waals surface area contributed by atoms with Crippen molar-refractivity contribution < 1.29 is 32.4 Å². The van der Waals surface area contributed by atoms with Crippen molar-refractivity contribution in [2.75, 3.05) is 6.61 Å². The predicted molar refractivity (Wildman–Crippen MR) is 66.2 cm³/mol. The molecule has 1 heterocycles. The van der Waals surface area contributed by atoms with Gasteiger partial charge in [-0.05, 0) is 29.5 Å². The zero-order valence-electron chi connectivity index (χ0n) is 9.73. The van der Waals surface area contributed by atoms with Gasteiger partial charge in [0, 0.05) is 0 Å². The first-order valence-electron chi connectivity index (χ1n) is 4.93. The normalized spacial score (nSPS) is 11.1. The second-order valence-corrected chi connectivity index (χ2v) is 4.19. The molecule has 7 nitrogen and oxygen atoms in total. The molecule has 20 heavy (non-hydrogen) atoms. The molecule has 110 valence electrons. The van der Waals surface area contributed by atoms with Gasteiger partial charge in [-0.15, -0.1) is 13.2 Å². The van der Waals surface area contributed by atoms with Crippen molar-refractivity contribution in [2.45, 2.75) is 13.3 Å². The first kappa shape index (κ1) is 16.4. The fraction of sp³-hybridized carbons (Fsp3) is 0.333. The molecule has 0 aliphatic heterocycles. The molecule has 1 rings (SSSR count). The lowest BCUT2D eigenvalue weighted by atomic mass is 10.3. The summed E-state index contributed by atoms with van der Waals surface area (Å²) >= 11 is 1.30. The van der Waals surface area contributed by atoms with Crippen LogP contribution in [0.1, 0.15) is 17.4 Å². The average Bonchev–Trinajstić information content (AvgIpc) is 2.29. The number of pyridine rings is 1. The number of carbonyl (C=O) groups excluding carboxylic acids is 1. The van der Waals surface area contributed by atoms with Gasteiger partial charge in [0.05, 0.1) is 17.6 Å². The fourth-order valence-electron chi connectivity index (χ4n) is 1.14. The molecule has 0 aliphatic carbocycles. The highest BCUT2D eigenvalue weighted by Crippen LogP contribution is 2.35. The Morgan fingerprint density at radius 2 is 2.15 bits per heavy atom. The van der Waals surface area contributed by atoms with E-state index in [0.29, 0.717) is 6.07 Å². The van der Waals surface area contributed by atoms with E-state index < -0.39 is 38.1 Å². The second-order valence-electron chi connectivity index (χ2n) is 3.17. The Morgan fingerprint density at radius 3 is 2.60 bits per heavy atom. The van der Waals surface area contributed by atoms with E-state index in [9.17, 15) is 28.1 Å². The van der Waals surface area contributed by atoms with Gasteiger partial charge in [0.15, 0.2) is 9.39 Å².